The molecule has 14 heavy (non-hydrogen) atoms. The summed E-state index contributed by atoms with van der Waals surface area (Å²) >= 11 is 0. The topological polar surface area (TPSA) is 21.3 Å². The van der Waals surface area contributed by atoms with Gasteiger partial charge in [-0.3, -0.25) is 0 Å². The molecular formula is C12H19NO. The van der Waals surface area contributed by atoms with Gasteiger partial charge in [-0.25, -0.2) is 0 Å². The minimum Gasteiger partial charge on any atom is -0.305 e. The summed E-state index contributed by atoms with van der Waals surface area (Å²) in [7, 11) is 1.65. The van der Waals surface area contributed by atoms with Gasteiger partial charge in [0.1, 0.15) is 0 Å². The zero-order chi connectivity index (χ0) is 10.4. The maximum atomic E-state index is 4.89. The van der Waals surface area contributed by atoms with Gasteiger partial charge in [-0.05, 0) is 29.5 Å². The molecule has 1 aromatic carbocycles. The molecule has 0 saturated carbocycles. The fraction of sp³-hybridized carbons (Fsp3) is 0.500. The van der Waals surface area contributed by atoms with Crippen molar-refractivity contribution in [3.05, 3.63) is 34.9 Å². The number of nitrogens with one attached hydrogen (secondary N) is 1. The summed E-state index contributed by atoms with van der Waals surface area (Å²) in [5.41, 5.74) is 7.12. The van der Waals surface area contributed by atoms with Crippen LogP contribution in [0.2, 0.25) is 0 Å². The van der Waals surface area contributed by atoms with Crippen LogP contribution in [0.15, 0.2) is 18.2 Å². The van der Waals surface area contributed by atoms with Crippen molar-refractivity contribution in [3.8, 4) is 0 Å². The molecule has 0 unspecified atom stereocenters. The number of benzene rings is 1. The predicted molar refractivity (Wildman–Crippen MR) is 59.0 cm³/mol. The quantitative estimate of drug-likeness (QED) is 0.725. The number of rotatable bonds is 5. The van der Waals surface area contributed by atoms with Gasteiger partial charge in [-0.2, -0.15) is 5.48 Å². The molecule has 0 spiro atoms. The minimum atomic E-state index is 0.795. The van der Waals surface area contributed by atoms with Gasteiger partial charge in [0.05, 0.1) is 7.11 Å². The van der Waals surface area contributed by atoms with Crippen molar-refractivity contribution >= 4 is 0 Å². The zero-order valence-electron chi connectivity index (χ0n) is 9.26. The van der Waals surface area contributed by atoms with Gasteiger partial charge in [-0.1, -0.05) is 32.0 Å². The maximum absolute atomic E-state index is 4.89. The first-order chi connectivity index (χ1) is 6.83. The summed E-state index contributed by atoms with van der Waals surface area (Å²) in [6.07, 6.45) is 2.16. The Morgan fingerprint density at radius 1 is 1.14 bits per heavy atom. The van der Waals surface area contributed by atoms with Crippen LogP contribution in [0.1, 0.15) is 30.5 Å². The van der Waals surface area contributed by atoms with Crippen LogP contribution in [0, 0.1) is 0 Å². The lowest BCUT2D eigenvalue weighted by Crippen LogP contribution is -2.14. The highest BCUT2D eigenvalue weighted by molar-refractivity contribution is 5.35. The van der Waals surface area contributed by atoms with Gasteiger partial charge >= 0.3 is 0 Å². The van der Waals surface area contributed by atoms with Crippen molar-refractivity contribution in [1.29, 1.82) is 0 Å². The van der Waals surface area contributed by atoms with Crippen LogP contribution >= 0.6 is 0 Å². The molecule has 0 bridgehead atoms. The van der Waals surface area contributed by atoms with Gasteiger partial charge in [0.2, 0.25) is 0 Å². The first-order valence-corrected chi connectivity index (χ1v) is 5.18. The van der Waals surface area contributed by atoms with E-state index in [1.807, 2.05) is 0 Å². The van der Waals surface area contributed by atoms with E-state index < -0.39 is 0 Å². The summed E-state index contributed by atoms with van der Waals surface area (Å²) < 4.78 is 0. The largest absolute Gasteiger partial charge is 0.305 e. The molecule has 0 aromatic heterocycles. The van der Waals surface area contributed by atoms with E-state index >= 15 is 0 Å². The molecule has 0 aliphatic heterocycles. The van der Waals surface area contributed by atoms with E-state index in [9.17, 15) is 0 Å². The Kier molecular flexibility index (Phi) is 4.63. The predicted octanol–water partition coefficient (Wildman–Crippen LogP) is 2.46. The highest BCUT2D eigenvalue weighted by atomic mass is 16.6. The molecule has 2 nitrogen and oxygen atoms in total. The second kappa shape index (κ2) is 5.78. The SMILES string of the molecule is CCc1cccc(CC)c1CNOC. The van der Waals surface area contributed by atoms with Crippen LogP contribution < -0.4 is 5.48 Å². The molecule has 1 N–H and O–H groups in total. The van der Waals surface area contributed by atoms with Crippen molar-refractivity contribution in [2.24, 2.45) is 0 Å². The van der Waals surface area contributed by atoms with Crippen LogP contribution in [-0.2, 0) is 24.2 Å². The Labute approximate surface area is 86.2 Å². The maximum Gasteiger partial charge on any atom is 0.0572 e. The molecule has 0 atom stereocenters. The second-order valence-corrected chi connectivity index (χ2v) is 3.29. The molecule has 1 aromatic rings. The Morgan fingerprint density at radius 3 is 2.14 bits per heavy atom. The highest BCUT2D eigenvalue weighted by Gasteiger charge is 2.04. The first-order valence-electron chi connectivity index (χ1n) is 5.18. The molecule has 0 fully saturated rings. The fourth-order valence-electron chi connectivity index (χ4n) is 1.72. The van der Waals surface area contributed by atoms with Crippen molar-refractivity contribution in [2.75, 3.05) is 7.11 Å². The number of hydrogen-bond acceptors (Lipinski definition) is 2. The second-order valence-electron chi connectivity index (χ2n) is 3.29. The Balaban J connectivity index is 2.93. The average Bonchev–Trinajstić information content (AvgIpc) is 2.25. The number of hydroxylamine groups is 1. The molecule has 1 rings (SSSR count). The molecule has 0 aliphatic rings. The molecular weight excluding hydrogens is 174 g/mol. The van der Waals surface area contributed by atoms with Crippen molar-refractivity contribution < 1.29 is 4.84 Å². The standard InChI is InChI=1S/C12H19NO/c1-4-10-7-6-8-11(5-2)12(10)9-13-14-3/h6-8,13H,4-5,9H2,1-3H3. The average molecular weight is 193 g/mol. The summed E-state index contributed by atoms with van der Waals surface area (Å²) in [5.74, 6) is 0. The van der Waals surface area contributed by atoms with Crippen molar-refractivity contribution in [1.82, 2.24) is 5.48 Å². The third-order valence-corrected chi connectivity index (χ3v) is 2.53. The lowest BCUT2D eigenvalue weighted by molar-refractivity contribution is 0.0863. The Bertz CT molecular complexity index is 261. The molecule has 78 valence electrons. The van der Waals surface area contributed by atoms with Crippen LogP contribution in [0.3, 0.4) is 0 Å². The van der Waals surface area contributed by atoms with E-state index in [-0.39, 0.29) is 0 Å². The summed E-state index contributed by atoms with van der Waals surface area (Å²) in [4.78, 5) is 4.89. The third kappa shape index (κ3) is 2.56. The van der Waals surface area contributed by atoms with Gasteiger partial charge in [0.15, 0.2) is 0 Å². The van der Waals surface area contributed by atoms with E-state index in [1.165, 1.54) is 16.7 Å². The number of hydrogen-bond donors (Lipinski definition) is 1. The third-order valence-electron chi connectivity index (χ3n) is 2.53. The van der Waals surface area contributed by atoms with E-state index in [0.717, 1.165) is 19.4 Å². The van der Waals surface area contributed by atoms with Crippen LogP contribution in [-0.4, -0.2) is 7.11 Å². The van der Waals surface area contributed by atoms with Crippen molar-refractivity contribution in [3.63, 3.8) is 0 Å². The van der Waals surface area contributed by atoms with E-state index in [4.69, 9.17) is 4.84 Å². The zero-order valence-corrected chi connectivity index (χ0v) is 9.26. The van der Waals surface area contributed by atoms with Crippen molar-refractivity contribution in [2.45, 2.75) is 33.2 Å². The number of aryl methyl sites for hydroxylation is 2. The van der Waals surface area contributed by atoms with Gasteiger partial charge in [-0.15, -0.1) is 0 Å². The minimum absolute atomic E-state index is 0.795. The lowest BCUT2D eigenvalue weighted by Gasteiger charge is -2.12. The summed E-state index contributed by atoms with van der Waals surface area (Å²) in [5, 5.41) is 0. The normalized spacial score (nSPS) is 10.5. The monoisotopic (exact) mass is 193 g/mol. The van der Waals surface area contributed by atoms with Gasteiger partial charge in [0, 0.05) is 6.54 Å². The Morgan fingerprint density at radius 2 is 1.71 bits per heavy atom. The summed E-state index contributed by atoms with van der Waals surface area (Å²) in [6, 6.07) is 6.51. The van der Waals surface area contributed by atoms with Gasteiger partial charge < -0.3 is 4.84 Å². The van der Waals surface area contributed by atoms with Crippen LogP contribution in [0.4, 0.5) is 0 Å². The molecule has 2 heteroatoms. The summed E-state index contributed by atoms with van der Waals surface area (Å²) in [6.45, 7) is 5.17. The molecule has 0 saturated heterocycles. The fourth-order valence-corrected chi connectivity index (χ4v) is 1.72. The molecule has 0 heterocycles. The van der Waals surface area contributed by atoms with Gasteiger partial charge in [0.25, 0.3) is 0 Å². The molecule has 0 radical (unpaired) electrons. The van der Waals surface area contributed by atoms with E-state index in [1.54, 1.807) is 7.11 Å². The van der Waals surface area contributed by atoms with E-state index in [2.05, 4.69) is 37.5 Å². The van der Waals surface area contributed by atoms with E-state index in [0.29, 0.717) is 0 Å². The Hall–Kier alpha value is -0.860. The highest BCUT2D eigenvalue weighted by Crippen LogP contribution is 2.16. The molecule has 0 aliphatic carbocycles. The first kappa shape index (κ1) is 11.2. The smallest absolute Gasteiger partial charge is 0.0572 e. The lowest BCUT2D eigenvalue weighted by atomic mass is 9.98. The molecule has 0 amide bonds. The van der Waals surface area contributed by atoms with Crippen LogP contribution in [0.5, 0.6) is 0 Å². The van der Waals surface area contributed by atoms with Crippen LogP contribution in [0.25, 0.3) is 0 Å².